The predicted octanol–water partition coefficient (Wildman–Crippen LogP) is 3.92. The molecule has 0 spiro atoms. The summed E-state index contributed by atoms with van der Waals surface area (Å²) >= 11 is 0. The minimum atomic E-state index is -3.65. The van der Waals surface area contributed by atoms with Crippen LogP contribution < -0.4 is 19.5 Å². The molecule has 176 valence electrons. The van der Waals surface area contributed by atoms with Crippen LogP contribution in [0.15, 0.2) is 47.4 Å². The van der Waals surface area contributed by atoms with Crippen LogP contribution >= 0.6 is 0 Å². The Bertz CT molecular complexity index is 972. The molecule has 0 radical (unpaired) electrons. The largest absolute Gasteiger partial charge is 0.495 e. The Balaban J connectivity index is 1.95. The number of hydrogen-bond acceptors (Lipinski definition) is 6. The Morgan fingerprint density at radius 2 is 1.59 bits per heavy atom. The second-order valence-electron chi connectivity index (χ2n) is 6.86. The molecule has 0 saturated heterocycles. The summed E-state index contributed by atoms with van der Waals surface area (Å²) in [5.74, 6) is 1.61. The zero-order valence-electron chi connectivity index (χ0n) is 19.1. The van der Waals surface area contributed by atoms with Gasteiger partial charge < -0.3 is 19.5 Å². The lowest BCUT2D eigenvalue weighted by molar-refractivity contribution is -0.116. The molecule has 0 unspecified atom stereocenters. The van der Waals surface area contributed by atoms with Crippen molar-refractivity contribution in [2.45, 2.75) is 38.5 Å². The quantitative estimate of drug-likeness (QED) is 0.452. The number of nitrogens with one attached hydrogen (secondary N) is 1. The van der Waals surface area contributed by atoms with Crippen LogP contribution in [0.4, 0.5) is 5.69 Å². The van der Waals surface area contributed by atoms with E-state index in [0.717, 1.165) is 5.75 Å². The molecule has 0 aliphatic carbocycles. The number of carbonyl (C=O) groups is 1. The number of hydrogen-bond donors (Lipinski definition) is 1. The number of nitrogens with zero attached hydrogens (tertiary/aromatic N) is 1. The molecule has 0 aromatic heterocycles. The third kappa shape index (κ3) is 6.86. The van der Waals surface area contributed by atoms with Gasteiger partial charge in [-0.25, -0.2) is 8.42 Å². The van der Waals surface area contributed by atoms with Crippen molar-refractivity contribution in [1.29, 1.82) is 0 Å². The number of carbonyl (C=O) groups excluding carboxylic acids is 1. The molecule has 0 atom stereocenters. The maximum Gasteiger partial charge on any atom is 0.243 e. The van der Waals surface area contributed by atoms with E-state index < -0.39 is 10.0 Å². The highest BCUT2D eigenvalue weighted by molar-refractivity contribution is 7.89. The fourth-order valence-corrected chi connectivity index (χ4v) is 4.58. The van der Waals surface area contributed by atoms with Crippen LogP contribution in [0.3, 0.4) is 0 Å². The van der Waals surface area contributed by atoms with Crippen molar-refractivity contribution in [3.05, 3.63) is 42.5 Å². The van der Waals surface area contributed by atoms with E-state index in [1.807, 2.05) is 31.2 Å². The molecule has 0 saturated carbocycles. The molecule has 0 bridgehead atoms. The van der Waals surface area contributed by atoms with Crippen LogP contribution in [0.5, 0.6) is 17.2 Å². The summed E-state index contributed by atoms with van der Waals surface area (Å²) in [6.45, 7) is 7.18. The fraction of sp³-hybridized carbons (Fsp3) is 0.435. The van der Waals surface area contributed by atoms with Gasteiger partial charge in [-0.2, -0.15) is 4.31 Å². The maximum absolute atomic E-state index is 12.8. The average Bonchev–Trinajstić information content (AvgIpc) is 2.78. The highest BCUT2D eigenvalue weighted by Gasteiger charge is 2.23. The number of methoxy groups -OCH3 is 1. The van der Waals surface area contributed by atoms with Crippen molar-refractivity contribution in [2.24, 2.45) is 0 Å². The summed E-state index contributed by atoms with van der Waals surface area (Å²) in [6, 6.07) is 11.7. The molecule has 0 fully saturated rings. The van der Waals surface area contributed by atoms with Gasteiger partial charge in [0.05, 0.1) is 30.9 Å². The molecule has 1 N–H and O–H groups in total. The van der Waals surface area contributed by atoms with Gasteiger partial charge in [0.25, 0.3) is 0 Å². The van der Waals surface area contributed by atoms with Crippen molar-refractivity contribution in [1.82, 2.24) is 4.31 Å². The summed E-state index contributed by atoms with van der Waals surface area (Å²) in [7, 11) is -2.18. The Kier molecular flexibility index (Phi) is 9.80. The van der Waals surface area contributed by atoms with Crippen molar-refractivity contribution in [3.8, 4) is 17.2 Å². The second-order valence-corrected chi connectivity index (χ2v) is 8.79. The molecule has 1 amide bonds. The van der Waals surface area contributed by atoms with Gasteiger partial charge in [0.2, 0.25) is 15.9 Å². The van der Waals surface area contributed by atoms with E-state index >= 15 is 0 Å². The molecule has 0 heterocycles. The van der Waals surface area contributed by atoms with Gasteiger partial charge in [0, 0.05) is 19.5 Å². The van der Waals surface area contributed by atoms with Gasteiger partial charge in [0.15, 0.2) is 0 Å². The molecule has 9 heteroatoms. The molecule has 0 aliphatic rings. The molecule has 0 aliphatic heterocycles. The number of ether oxygens (including phenoxy) is 3. The van der Waals surface area contributed by atoms with Crippen LogP contribution in [0.1, 0.15) is 33.6 Å². The first-order valence-electron chi connectivity index (χ1n) is 10.7. The Hall–Kier alpha value is -2.78. The summed E-state index contributed by atoms with van der Waals surface area (Å²) in [4.78, 5) is 12.5. The van der Waals surface area contributed by atoms with Crippen molar-refractivity contribution >= 4 is 21.6 Å². The zero-order chi connectivity index (χ0) is 23.6. The number of amides is 1. The van der Waals surface area contributed by atoms with Gasteiger partial charge in [-0.05, 0) is 55.8 Å². The average molecular weight is 465 g/mol. The van der Waals surface area contributed by atoms with E-state index in [-0.39, 0.29) is 17.2 Å². The molecule has 8 nitrogen and oxygen atoms in total. The zero-order valence-corrected chi connectivity index (χ0v) is 19.9. The predicted molar refractivity (Wildman–Crippen MR) is 124 cm³/mol. The third-order valence-electron chi connectivity index (χ3n) is 4.74. The molecular weight excluding hydrogens is 432 g/mol. The highest BCUT2D eigenvalue weighted by atomic mass is 32.2. The normalized spacial score (nSPS) is 11.3. The number of sulfonamides is 1. The number of rotatable bonds is 13. The molecule has 2 aromatic carbocycles. The van der Waals surface area contributed by atoms with E-state index in [4.69, 9.17) is 14.2 Å². The van der Waals surface area contributed by atoms with Crippen LogP contribution in [-0.4, -0.2) is 52.0 Å². The summed E-state index contributed by atoms with van der Waals surface area (Å²) < 4.78 is 43.2. The molecule has 32 heavy (non-hydrogen) atoms. The van der Waals surface area contributed by atoms with Gasteiger partial charge in [-0.1, -0.05) is 13.8 Å². The lowest BCUT2D eigenvalue weighted by Gasteiger charge is -2.19. The van der Waals surface area contributed by atoms with E-state index in [1.165, 1.54) is 23.5 Å². The SMILES string of the molecule is CCOc1ccc(OCCCC(=O)Nc2cc(S(=O)(=O)N(CC)CC)ccc2OC)cc1. The minimum Gasteiger partial charge on any atom is -0.495 e. The van der Waals surface area contributed by atoms with Crippen molar-refractivity contribution < 1.29 is 27.4 Å². The molecular formula is C23H32N2O6S. The van der Waals surface area contributed by atoms with Crippen molar-refractivity contribution in [3.63, 3.8) is 0 Å². The third-order valence-corrected chi connectivity index (χ3v) is 6.79. The van der Waals surface area contributed by atoms with E-state index in [1.54, 1.807) is 19.9 Å². The second kappa shape index (κ2) is 12.3. The first-order chi connectivity index (χ1) is 15.3. The molecule has 2 aromatic rings. The molecule has 2 rings (SSSR count). The Morgan fingerprint density at radius 3 is 2.16 bits per heavy atom. The topological polar surface area (TPSA) is 94.2 Å². The van der Waals surface area contributed by atoms with Gasteiger partial charge in [-0.3, -0.25) is 4.79 Å². The number of benzene rings is 2. The van der Waals surface area contributed by atoms with Crippen LogP contribution in [-0.2, 0) is 14.8 Å². The lowest BCUT2D eigenvalue weighted by atomic mass is 10.2. The minimum absolute atomic E-state index is 0.108. The van der Waals surface area contributed by atoms with Gasteiger partial charge in [0.1, 0.15) is 17.2 Å². The first kappa shape index (κ1) is 25.5. The Morgan fingerprint density at radius 1 is 0.969 bits per heavy atom. The van der Waals surface area contributed by atoms with E-state index in [0.29, 0.717) is 49.9 Å². The maximum atomic E-state index is 12.8. The van der Waals surface area contributed by atoms with Crippen LogP contribution in [0.2, 0.25) is 0 Å². The Labute approximate surface area is 190 Å². The van der Waals surface area contributed by atoms with E-state index in [9.17, 15) is 13.2 Å². The summed E-state index contributed by atoms with van der Waals surface area (Å²) in [5, 5.41) is 2.75. The summed E-state index contributed by atoms with van der Waals surface area (Å²) in [6.07, 6.45) is 0.714. The summed E-state index contributed by atoms with van der Waals surface area (Å²) in [5.41, 5.74) is 0.318. The van der Waals surface area contributed by atoms with Gasteiger partial charge >= 0.3 is 0 Å². The van der Waals surface area contributed by atoms with Gasteiger partial charge in [-0.15, -0.1) is 0 Å². The highest BCUT2D eigenvalue weighted by Crippen LogP contribution is 2.29. The smallest absolute Gasteiger partial charge is 0.243 e. The monoisotopic (exact) mass is 464 g/mol. The lowest BCUT2D eigenvalue weighted by Crippen LogP contribution is -2.30. The van der Waals surface area contributed by atoms with Crippen LogP contribution in [0.25, 0.3) is 0 Å². The van der Waals surface area contributed by atoms with Crippen LogP contribution in [0, 0.1) is 0 Å². The fourth-order valence-electron chi connectivity index (χ4n) is 3.09. The van der Waals surface area contributed by atoms with E-state index in [2.05, 4.69) is 5.32 Å². The standard InChI is InChI=1S/C23H32N2O6S/c1-5-25(6-2)32(27,28)20-14-15-22(29-4)21(17-20)24-23(26)9-8-16-31-19-12-10-18(11-13-19)30-7-3/h10-15,17H,5-9,16H2,1-4H3,(H,24,26). The first-order valence-corrected chi connectivity index (χ1v) is 12.1. The number of anilines is 1. The van der Waals surface area contributed by atoms with Crippen molar-refractivity contribution in [2.75, 3.05) is 38.7 Å².